The quantitative estimate of drug-likeness (QED) is 0.287. The molecular weight excluding hydrogens is 424 g/mol. The fraction of sp³-hybridized carbons (Fsp3) is 0.154. The molecule has 0 fully saturated rings. The molecule has 2 N–H and O–H groups in total. The highest BCUT2D eigenvalue weighted by atomic mass is 32.1. The predicted octanol–water partition coefficient (Wildman–Crippen LogP) is 6.22. The largest absolute Gasteiger partial charge is 0.508 e. The van der Waals surface area contributed by atoms with Crippen LogP contribution in [0.15, 0.2) is 69.4 Å². The molecule has 0 amide bonds. The maximum Gasteiger partial charge on any atom is 0.336 e. The number of benzene rings is 3. The molecule has 32 heavy (non-hydrogen) atoms. The van der Waals surface area contributed by atoms with E-state index in [0.717, 1.165) is 17.6 Å². The van der Waals surface area contributed by atoms with Crippen molar-refractivity contribution < 1.29 is 19.4 Å². The second kappa shape index (κ2) is 9.60. The number of hydrogen-bond donors (Lipinski definition) is 2. The average Bonchev–Trinajstić information content (AvgIpc) is 2.77. The smallest absolute Gasteiger partial charge is 0.336 e. The molecule has 0 bridgehead atoms. The number of carbonyl (C=O) groups is 1. The minimum Gasteiger partial charge on any atom is -0.508 e. The summed E-state index contributed by atoms with van der Waals surface area (Å²) < 4.78 is 5.79. The van der Waals surface area contributed by atoms with Crippen LogP contribution in [0, 0.1) is 6.92 Å². The average molecular weight is 447 g/mol. The van der Waals surface area contributed by atoms with Crippen molar-refractivity contribution >= 4 is 34.2 Å². The standard InChI is InChI=1S/C21H14O5.C5H8S/c1-11-2-5-14(17(8-11)21(24)25)20-15-6-3-12(22)9-18(15)26-19-10-13(23)4-7-16(19)20;1-3-5(2)4-6/h2-10,22H,1H3,(H,24,25);3H2,1-2H3. The van der Waals surface area contributed by atoms with Gasteiger partial charge in [-0.15, -0.1) is 0 Å². The zero-order valence-electron chi connectivity index (χ0n) is 17.9. The Kier molecular flexibility index (Phi) is 6.89. The van der Waals surface area contributed by atoms with Gasteiger partial charge in [-0.05, 0) is 79.0 Å². The van der Waals surface area contributed by atoms with Gasteiger partial charge in [0.15, 0.2) is 5.43 Å². The molecule has 0 saturated heterocycles. The van der Waals surface area contributed by atoms with Gasteiger partial charge in [0.1, 0.15) is 17.1 Å². The molecule has 1 heterocycles. The third kappa shape index (κ3) is 4.78. The number of phenols is 1. The third-order valence-corrected chi connectivity index (χ3v) is 5.40. The number of fused-ring (bicyclic) bond motifs is 2. The van der Waals surface area contributed by atoms with E-state index in [0.29, 0.717) is 33.4 Å². The highest BCUT2D eigenvalue weighted by molar-refractivity contribution is 7.78. The van der Waals surface area contributed by atoms with E-state index in [9.17, 15) is 19.8 Å². The van der Waals surface area contributed by atoms with Crippen LogP contribution in [0.25, 0.3) is 33.4 Å². The summed E-state index contributed by atoms with van der Waals surface area (Å²) in [5.41, 5.74) is 4.12. The van der Waals surface area contributed by atoms with Crippen LogP contribution in [-0.2, 0) is 0 Å². The van der Waals surface area contributed by atoms with Gasteiger partial charge in [0.05, 0.1) is 5.56 Å². The van der Waals surface area contributed by atoms with Gasteiger partial charge in [0.2, 0.25) is 0 Å². The molecule has 1 aliphatic carbocycles. The molecule has 6 heteroatoms. The molecule has 2 aromatic rings. The molecule has 2 aliphatic rings. The number of allylic oxidation sites excluding steroid dienone is 1. The Morgan fingerprint density at radius 3 is 2.41 bits per heavy atom. The lowest BCUT2D eigenvalue weighted by Crippen LogP contribution is -2.03. The molecule has 0 atom stereocenters. The summed E-state index contributed by atoms with van der Waals surface area (Å²) in [5, 5.41) is 22.7. The molecule has 1 aliphatic heterocycles. The second-order valence-electron chi connectivity index (χ2n) is 7.41. The summed E-state index contributed by atoms with van der Waals surface area (Å²) in [6.07, 6.45) is 1.03. The van der Waals surface area contributed by atoms with Crippen LogP contribution in [0.1, 0.15) is 36.2 Å². The fourth-order valence-electron chi connectivity index (χ4n) is 3.27. The lowest BCUT2D eigenvalue weighted by molar-refractivity contribution is 0.0697. The van der Waals surface area contributed by atoms with Gasteiger partial charge < -0.3 is 14.6 Å². The SMILES string of the molecule is CCC(C)=C=S.Cc1ccc(-c2c3ccc(=O)cc-3oc3cc(O)ccc23)c(C(=O)O)c1. The van der Waals surface area contributed by atoms with Crippen LogP contribution in [-0.4, -0.2) is 21.2 Å². The Labute approximate surface area is 190 Å². The summed E-state index contributed by atoms with van der Waals surface area (Å²) in [6.45, 7) is 5.87. The molecule has 0 saturated carbocycles. The minimum atomic E-state index is -1.04. The number of carboxylic acids is 1. The number of aryl methyl sites for hydroxylation is 1. The second-order valence-corrected chi connectivity index (χ2v) is 7.61. The first-order chi connectivity index (χ1) is 15.2. The molecular formula is C26H22O5S. The van der Waals surface area contributed by atoms with Gasteiger partial charge in [-0.25, -0.2) is 4.79 Å². The minimum absolute atomic E-state index is 0.0205. The molecule has 0 spiro atoms. The Bertz CT molecular complexity index is 1390. The molecule has 2 aromatic carbocycles. The summed E-state index contributed by atoms with van der Waals surface area (Å²) in [7, 11) is 0. The molecule has 0 radical (unpaired) electrons. The maximum absolute atomic E-state index is 11.8. The van der Waals surface area contributed by atoms with Crippen LogP contribution in [0.5, 0.6) is 5.75 Å². The van der Waals surface area contributed by atoms with E-state index in [1.165, 1.54) is 24.3 Å². The van der Waals surface area contributed by atoms with E-state index >= 15 is 0 Å². The van der Waals surface area contributed by atoms with Gasteiger partial charge in [-0.3, -0.25) is 4.79 Å². The monoisotopic (exact) mass is 446 g/mol. The Morgan fingerprint density at radius 1 is 1.06 bits per heavy atom. The van der Waals surface area contributed by atoms with Crippen LogP contribution in [0.3, 0.4) is 0 Å². The van der Waals surface area contributed by atoms with Crippen molar-refractivity contribution in [3.05, 3.63) is 81.5 Å². The first kappa shape index (κ1) is 22.9. The lowest BCUT2D eigenvalue weighted by atomic mass is 9.90. The normalized spacial score (nSPS) is 10.3. The zero-order valence-corrected chi connectivity index (χ0v) is 18.7. The van der Waals surface area contributed by atoms with E-state index in [4.69, 9.17) is 4.42 Å². The van der Waals surface area contributed by atoms with Crippen LogP contribution < -0.4 is 5.43 Å². The topological polar surface area (TPSA) is 87.7 Å². The maximum atomic E-state index is 11.8. The summed E-state index contributed by atoms with van der Waals surface area (Å²) in [4.78, 5) is 23.6. The Hall–Kier alpha value is -3.73. The van der Waals surface area contributed by atoms with Gasteiger partial charge in [-0.1, -0.05) is 24.6 Å². The van der Waals surface area contributed by atoms with Crippen LogP contribution in [0.2, 0.25) is 0 Å². The number of thiocarbonyl (C=S) groups is 1. The predicted molar refractivity (Wildman–Crippen MR) is 130 cm³/mol. The number of aromatic hydroxyl groups is 1. The van der Waals surface area contributed by atoms with Gasteiger partial charge in [-0.2, -0.15) is 0 Å². The molecule has 0 unspecified atom stereocenters. The van der Waals surface area contributed by atoms with Crippen molar-refractivity contribution in [1.82, 2.24) is 0 Å². The third-order valence-electron chi connectivity index (χ3n) is 5.06. The summed E-state index contributed by atoms with van der Waals surface area (Å²) in [6, 6.07) is 14.3. The highest BCUT2D eigenvalue weighted by Crippen LogP contribution is 2.41. The summed E-state index contributed by atoms with van der Waals surface area (Å²) >= 11 is 4.49. The van der Waals surface area contributed by atoms with Crippen LogP contribution >= 0.6 is 12.2 Å². The van der Waals surface area contributed by atoms with Gasteiger partial charge in [0, 0.05) is 28.6 Å². The Balaban J connectivity index is 0.000000427. The van der Waals surface area contributed by atoms with Crippen molar-refractivity contribution in [2.45, 2.75) is 27.2 Å². The molecule has 4 rings (SSSR count). The number of aromatic carboxylic acids is 1. The molecule has 0 aromatic heterocycles. The lowest BCUT2D eigenvalue weighted by Gasteiger charge is -2.17. The van der Waals surface area contributed by atoms with Crippen molar-refractivity contribution in [2.75, 3.05) is 0 Å². The number of hydrogen-bond acceptors (Lipinski definition) is 5. The van der Waals surface area contributed by atoms with E-state index in [2.05, 4.69) is 24.2 Å². The first-order valence-corrected chi connectivity index (χ1v) is 10.4. The van der Waals surface area contributed by atoms with Crippen molar-refractivity contribution in [2.24, 2.45) is 0 Å². The highest BCUT2D eigenvalue weighted by Gasteiger charge is 2.21. The van der Waals surface area contributed by atoms with Crippen LogP contribution in [0.4, 0.5) is 0 Å². The van der Waals surface area contributed by atoms with Crippen molar-refractivity contribution in [1.29, 1.82) is 0 Å². The van der Waals surface area contributed by atoms with Crippen molar-refractivity contribution in [3.8, 4) is 28.2 Å². The fourth-order valence-corrected chi connectivity index (χ4v) is 3.42. The van der Waals surface area contributed by atoms with E-state index in [-0.39, 0.29) is 16.7 Å². The number of phenolic OH excluding ortho intramolecular Hbond substituents is 1. The van der Waals surface area contributed by atoms with E-state index in [1.807, 2.05) is 19.9 Å². The summed E-state index contributed by atoms with van der Waals surface area (Å²) in [5.74, 6) is -0.681. The van der Waals surface area contributed by atoms with E-state index in [1.54, 1.807) is 24.3 Å². The number of carboxylic acid groups (broad SMARTS) is 1. The van der Waals surface area contributed by atoms with Gasteiger partial charge >= 0.3 is 5.97 Å². The zero-order chi connectivity index (χ0) is 23.4. The molecule has 162 valence electrons. The van der Waals surface area contributed by atoms with Crippen molar-refractivity contribution in [3.63, 3.8) is 0 Å². The van der Waals surface area contributed by atoms with Gasteiger partial charge in [0.25, 0.3) is 0 Å². The first-order valence-electron chi connectivity index (χ1n) is 9.99. The number of rotatable bonds is 3. The molecule has 5 nitrogen and oxygen atoms in total. The van der Waals surface area contributed by atoms with E-state index < -0.39 is 5.97 Å². The Morgan fingerprint density at radius 2 is 1.78 bits per heavy atom.